The summed E-state index contributed by atoms with van der Waals surface area (Å²) in [6.45, 7) is 5.30. The summed E-state index contributed by atoms with van der Waals surface area (Å²) in [4.78, 5) is 17.6. The lowest BCUT2D eigenvalue weighted by molar-refractivity contribution is -0.169. The van der Waals surface area contributed by atoms with E-state index >= 15 is 0 Å². The van der Waals surface area contributed by atoms with Crippen molar-refractivity contribution in [3.05, 3.63) is 58.0 Å². The Bertz CT molecular complexity index is 1190. The average molecular weight is 569 g/mol. The number of benzene rings is 1. The lowest BCUT2D eigenvalue weighted by atomic mass is 9.92. The molecule has 1 aliphatic heterocycles. The lowest BCUT2D eigenvalue weighted by Gasteiger charge is -2.32. The molecule has 1 saturated carbocycles. The molecule has 1 aromatic carbocycles. The fraction of sp³-hybridized carbons (Fsp3) is 0.519. The van der Waals surface area contributed by atoms with Gasteiger partial charge in [0.05, 0.1) is 10.6 Å². The molecule has 3 rings (SSSR count). The van der Waals surface area contributed by atoms with Crippen LogP contribution in [0.5, 0.6) is 0 Å². The Morgan fingerprint density at radius 3 is 2.64 bits per heavy atom. The van der Waals surface area contributed by atoms with Crippen LogP contribution in [0.1, 0.15) is 57.6 Å². The van der Waals surface area contributed by atoms with E-state index in [0.717, 1.165) is 25.0 Å². The highest BCUT2D eigenvalue weighted by atomic mass is 35.5. The van der Waals surface area contributed by atoms with Gasteiger partial charge in [-0.1, -0.05) is 41.9 Å². The third kappa shape index (κ3) is 8.13. The number of rotatable bonds is 12. The van der Waals surface area contributed by atoms with E-state index in [2.05, 4.69) is 16.7 Å². The molecule has 1 aromatic rings. The number of hydrogen-bond acceptors (Lipinski definition) is 8. The number of halogens is 4. The van der Waals surface area contributed by atoms with Crippen LogP contribution in [0, 0.1) is 17.2 Å². The zero-order chi connectivity index (χ0) is 28.8. The second-order valence-corrected chi connectivity index (χ2v) is 10.1. The second kappa shape index (κ2) is 12.7. The van der Waals surface area contributed by atoms with Crippen molar-refractivity contribution in [1.29, 1.82) is 5.26 Å². The fourth-order valence-corrected chi connectivity index (χ4v) is 4.20. The van der Waals surface area contributed by atoms with Gasteiger partial charge in [0.15, 0.2) is 0 Å². The van der Waals surface area contributed by atoms with E-state index in [0.29, 0.717) is 18.9 Å². The first-order valence-corrected chi connectivity index (χ1v) is 13.0. The summed E-state index contributed by atoms with van der Waals surface area (Å²) in [5.41, 5.74) is 1.18. The van der Waals surface area contributed by atoms with Crippen LogP contribution < -0.4 is 5.43 Å². The molecule has 8 nitrogen and oxygen atoms in total. The number of carbonyl (C=O) groups is 1. The van der Waals surface area contributed by atoms with E-state index in [4.69, 9.17) is 25.9 Å². The Labute approximate surface area is 231 Å². The summed E-state index contributed by atoms with van der Waals surface area (Å²) in [5.74, 6) is -0.170. The van der Waals surface area contributed by atoms with Gasteiger partial charge in [-0.2, -0.15) is 18.4 Å². The molecule has 2 aliphatic rings. The number of carbonyl (C=O) groups excluding carboxylic acids is 1. The van der Waals surface area contributed by atoms with Gasteiger partial charge in [-0.15, -0.1) is 0 Å². The largest absolute Gasteiger partial charge is 0.456 e. The normalized spacial score (nSPS) is 21.1. The first-order chi connectivity index (χ1) is 18.4. The van der Waals surface area contributed by atoms with Crippen molar-refractivity contribution in [3.8, 4) is 6.07 Å². The van der Waals surface area contributed by atoms with Crippen molar-refractivity contribution in [2.75, 3.05) is 13.7 Å². The number of esters is 1. The zero-order valence-electron chi connectivity index (χ0n) is 22.3. The van der Waals surface area contributed by atoms with Gasteiger partial charge in [-0.25, -0.2) is 5.43 Å². The second-order valence-electron chi connectivity index (χ2n) is 9.72. The average Bonchev–Trinajstić information content (AvgIpc) is 3.63. The van der Waals surface area contributed by atoms with Gasteiger partial charge in [0.25, 0.3) is 0 Å². The van der Waals surface area contributed by atoms with Crippen molar-refractivity contribution in [1.82, 2.24) is 10.4 Å². The molecule has 2 unspecified atom stereocenters. The Balaban J connectivity index is 2.08. The zero-order valence-corrected chi connectivity index (χ0v) is 23.0. The number of oxime groups is 1. The number of ether oxygens (including phenoxy) is 2. The molecular weight excluding hydrogens is 537 g/mol. The molecule has 0 radical (unpaired) electrons. The minimum atomic E-state index is -4.54. The van der Waals surface area contributed by atoms with Crippen LogP contribution in [-0.2, 0) is 31.7 Å². The molecule has 1 N–H and O–H groups in total. The first-order valence-electron chi connectivity index (χ1n) is 12.6. The minimum Gasteiger partial charge on any atom is -0.456 e. The fourth-order valence-electron chi connectivity index (χ4n) is 3.93. The third-order valence-corrected chi connectivity index (χ3v) is 6.58. The number of hydrogen-bond donors (Lipinski definition) is 1. The van der Waals surface area contributed by atoms with Gasteiger partial charge in [-0.05, 0) is 43.7 Å². The van der Waals surface area contributed by atoms with Crippen LogP contribution in [-0.4, -0.2) is 42.2 Å². The maximum Gasteiger partial charge on any atom is 0.416 e. The summed E-state index contributed by atoms with van der Waals surface area (Å²) in [7, 11) is 1.69. The van der Waals surface area contributed by atoms with Crippen LogP contribution in [0.2, 0.25) is 0 Å². The van der Waals surface area contributed by atoms with Crippen LogP contribution in [0.15, 0.2) is 52.0 Å². The maximum absolute atomic E-state index is 13.4. The highest BCUT2D eigenvalue weighted by molar-refractivity contribution is 6.31. The Kier molecular flexibility index (Phi) is 9.91. The first kappa shape index (κ1) is 30.3. The van der Waals surface area contributed by atoms with E-state index in [1.165, 1.54) is 19.1 Å². The van der Waals surface area contributed by atoms with Crippen molar-refractivity contribution in [2.24, 2.45) is 11.1 Å². The van der Waals surface area contributed by atoms with Gasteiger partial charge < -0.3 is 19.3 Å². The van der Waals surface area contributed by atoms with Gasteiger partial charge in [0.1, 0.15) is 35.3 Å². The Morgan fingerprint density at radius 1 is 1.36 bits per heavy atom. The molecule has 212 valence electrons. The van der Waals surface area contributed by atoms with E-state index in [1.54, 1.807) is 25.2 Å². The van der Waals surface area contributed by atoms with Crippen LogP contribution in [0.25, 0.3) is 0 Å². The number of hydrazine groups is 1. The molecule has 12 heteroatoms. The van der Waals surface area contributed by atoms with Crippen molar-refractivity contribution >= 4 is 23.3 Å². The van der Waals surface area contributed by atoms with E-state index in [9.17, 15) is 23.2 Å². The predicted molar refractivity (Wildman–Crippen MR) is 139 cm³/mol. The van der Waals surface area contributed by atoms with Gasteiger partial charge in [0.2, 0.25) is 6.29 Å². The van der Waals surface area contributed by atoms with Crippen molar-refractivity contribution in [2.45, 2.75) is 70.9 Å². The summed E-state index contributed by atoms with van der Waals surface area (Å²) in [5, 5.41) is 16.4. The van der Waals surface area contributed by atoms with Crippen molar-refractivity contribution < 1.29 is 32.3 Å². The van der Waals surface area contributed by atoms with Gasteiger partial charge in [-0.3, -0.25) is 4.79 Å². The smallest absolute Gasteiger partial charge is 0.416 e. The topological polar surface area (TPSA) is 96.2 Å². The molecule has 39 heavy (non-hydrogen) atoms. The summed E-state index contributed by atoms with van der Waals surface area (Å²) >= 11 is 6.57. The van der Waals surface area contributed by atoms with Gasteiger partial charge >= 0.3 is 12.1 Å². The number of alkyl halides is 3. The highest BCUT2D eigenvalue weighted by Crippen LogP contribution is 2.37. The summed E-state index contributed by atoms with van der Waals surface area (Å²) in [6, 6.07) is 6.84. The number of nitrogens with one attached hydrogen (secondary N) is 1. The molecule has 2 atom stereocenters. The van der Waals surface area contributed by atoms with Crippen LogP contribution >= 0.6 is 11.6 Å². The molecule has 0 aromatic heterocycles. The SMILES string of the molecule is CCCC(=O)OC(C)OC(=C(C#N)C(Cc1cccc(C(F)(F)F)c1)=NOCC1CC1)C1(C)NN(C)C=C1Cl. The quantitative estimate of drug-likeness (QED) is 0.0849. The third-order valence-electron chi connectivity index (χ3n) is 6.11. The molecular formula is C27H32ClF3N4O4. The molecule has 0 saturated heterocycles. The Morgan fingerprint density at radius 2 is 2.08 bits per heavy atom. The van der Waals surface area contributed by atoms with Crippen LogP contribution in [0.4, 0.5) is 13.2 Å². The van der Waals surface area contributed by atoms with E-state index in [-0.39, 0.29) is 40.5 Å². The van der Waals surface area contributed by atoms with E-state index in [1.807, 2.05) is 6.92 Å². The number of nitriles is 1. The summed E-state index contributed by atoms with van der Waals surface area (Å²) < 4.78 is 51.5. The maximum atomic E-state index is 13.4. The molecule has 1 heterocycles. The highest BCUT2D eigenvalue weighted by Gasteiger charge is 2.43. The monoisotopic (exact) mass is 568 g/mol. The number of nitrogens with zero attached hydrogens (tertiary/aromatic N) is 3. The lowest BCUT2D eigenvalue weighted by Crippen LogP contribution is -2.47. The van der Waals surface area contributed by atoms with E-state index < -0.39 is 29.5 Å². The molecule has 0 spiro atoms. The molecule has 1 fully saturated rings. The van der Waals surface area contributed by atoms with Crippen LogP contribution in [0.3, 0.4) is 0 Å². The minimum absolute atomic E-state index is 0.0202. The predicted octanol–water partition coefficient (Wildman–Crippen LogP) is 5.80. The standard InChI is InChI=1S/C27H32ClF3N4O4/c1-5-7-24(36)38-17(2)39-25(26(3)23(28)15-35(4)34-26)21(14-32)22(33-37-16-18-10-11-18)13-19-8-6-9-20(12-19)27(29,30)31/h6,8-9,12,15,17-18,34H,5,7,10-11,13,16H2,1-4H3. The van der Waals surface area contributed by atoms with Gasteiger partial charge in [0, 0.05) is 33.0 Å². The molecule has 0 bridgehead atoms. The molecule has 0 amide bonds. The molecule has 1 aliphatic carbocycles. The number of allylic oxidation sites excluding steroid dienone is 1. The Hall–Kier alpha value is -3.23. The summed E-state index contributed by atoms with van der Waals surface area (Å²) in [6.07, 6.45) is -1.51. The van der Waals surface area contributed by atoms with Crippen molar-refractivity contribution in [3.63, 3.8) is 0 Å².